The molecule has 0 aliphatic carbocycles. The van der Waals surface area contributed by atoms with E-state index in [9.17, 15) is 9.18 Å². The minimum absolute atomic E-state index is 0.0973. The molecule has 0 spiro atoms. The SMILES string of the molecule is CN=C(NCc1cccc(NC(C)=O)c1)N(C)Cc1ccc(F)cc1. The molecule has 25 heavy (non-hydrogen) atoms. The van der Waals surface area contributed by atoms with Gasteiger partial charge < -0.3 is 15.5 Å². The summed E-state index contributed by atoms with van der Waals surface area (Å²) < 4.78 is 13.0. The molecule has 0 aliphatic heterocycles. The fourth-order valence-electron chi connectivity index (χ4n) is 2.47. The van der Waals surface area contributed by atoms with Crippen molar-refractivity contribution in [3.63, 3.8) is 0 Å². The van der Waals surface area contributed by atoms with Gasteiger partial charge in [0.25, 0.3) is 0 Å². The highest BCUT2D eigenvalue weighted by molar-refractivity contribution is 5.88. The first kappa shape index (κ1) is 18.4. The number of anilines is 1. The molecule has 2 rings (SSSR count). The first-order chi connectivity index (χ1) is 12.0. The Hall–Kier alpha value is -2.89. The van der Waals surface area contributed by atoms with E-state index < -0.39 is 0 Å². The van der Waals surface area contributed by atoms with Crippen LogP contribution in [0, 0.1) is 5.82 Å². The van der Waals surface area contributed by atoms with Crippen LogP contribution in [0.15, 0.2) is 53.5 Å². The van der Waals surface area contributed by atoms with Crippen LogP contribution in [0.25, 0.3) is 0 Å². The van der Waals surface area contributed by atoms with Gasteiger partial charge >= 0.3 is 0 Å². The standard InChI is InChI=1S/C19H23FN4O/c1-14(25)23-18-6-4-5-16(11-18)12-22-19(21-2)24(3)13-15-7-9-17(20)10-8-15/h4-11H,12-13H2,1-3H3,(H,21,22)(H,23,25). The Kier molecular flexibility index (Phi) is 6.51. The first-order valence-corrected chi connectivity index (χ1v) is 8.00. The van der Waals surface area contributed by atoms with E-state index in [-0.39, 0.29) is 11.7 Å². The van der Waals surface area contributed by atoms with Crippen molar-refractivity contribution >= 4 is 17.6 Å². The van der Waals surface area contributed by atoms with Crippen LogP contribution in [-0.2, 0) is 17.9 Å². The zero-order valence-corrected chi connectivity index (χ0v) is 14.7. The Bertz CT molecular complexity index is 743. The van der Waals surface area contributed by atoms with E-state index >= 15 is 0 Å². The van der Waals surface area contributed by atoms with E-state index in [0.29, 0.717) is 13.1 Å². The maximum absolute atomic E-state index is 13.0. The molecular weight excluding hydrogens is 319 g/mol. The van der Waals surface area contributed by atoms with Gasteiger partial charge in [-0.2, -0.15) is 0 Å². The summed E-state index contributed by atoms with van der Waals surface area (Å²) in [6.45, 7) is 2.68. The predicted octanol–water partition coefficient (Wildman–Crippen LogP) is 2.99. The lowest BCUT2D eigenvalue weighted by Crippen LogP contribution is -2.38. The molecule has 0 saturated heterocycles. The molecular formula is C19H23FN4O. The van der Waals surface area contributed by atoms with Crippen LogP contribution >= 0.6 is 0 Å². The van der Waals surface area contributed by atoms with Gasteiger partial charge in [0, 0.05) is 39.8 Å². The van der Waals surface area contributed by atoms with Gasteiger partial charge in [0.15, 0.2) is 5.96 Å². The summed E-state index contributed by atoms with van der Waals surface area (Å²) in [4.78, 5) is 17.4. The monoisotopic (exact) mass is 342 g/mol. The van der Waals surface area contributed by atoms with Crippen LogP contribution in [0.2, 0.25) is 0 Å². The Morgan fingerprint density at radius 1 is 1.16 bits per heavy atom. The number of nitrogens with zero attached hydrogens (tertiary/aromatic N) is 2. The number of carbonyl (C=O) groups is 1. The number of hydrogen-bond donors (Lipinski definition) is 2. The highest BCUT2D eigenvalue weighted by Gasteiger charge is 2.07. The number of hydrogen-bond acceptors (Lipinski definition) is 2. The largest absolute Gasteiger partial charge is 0.352 e. The number of amides is 1. The molecule has 2 N–H and O–H groups in total. The zero-order chi connectivity index (χ0) is 18.2. The van der Waals surface area contributed by atoms with Crippen molar-refractivity contribution in [2.45, 2.75) is 20.0 Å². The van der Waals surface area contributed by atoms with E-state index in [4.69, 9.17) is 0 Å². The molecule has 0 aliphatic rings. The molecule has 0 bridgehead atoms. The average molecular weight is 342 g/mol. The summed E-state index contributed by atoms with van der Waals surface area (Å²) in [5, 5.41) is 6.06. The maximum atomic E-state index is 13.0. The molecule has 1 amide bonds. The van der Waals surface area contributed by atoms with Gasteiger partial charge in [0.2, 0.25) is 5.91 Å². The summed E-state index contributed by atoms with van der Waals surface area (Å²) in [7, 11) is 3.64. The number of rotatable bonds is 5. The van der Waals surface area contributed by atoms with Gasteiger partial charge in [-0.1, -0.05) is 24.3 Å². The number of aliphatic imine (C=N–C) groups is 1. The molecule has 0 aromatic heterocycles. The van der Waals surface area contributed by atoms with Crippen LogP contribution in [-0.4, -0.2) is 30.9 Å². The third-order valence-corrected chi connectivity index (χ3v) is 3.60. The molecule has 6 heteroatoms. The van der Waals surface area contributed by atoms with E-state index in [1.807, 2.05) is 36.2 Å². The fourth-order valence-corrected chi connectivity index (χ4v) is 2.47. The van der Waals surface area contributed by atoms with E-state index in [0.717, 1.165) is 22.8 Å². The van der Waals surface area contributed by atoms with Gasteiger partial charge in [0.05, 0.1) is 0 Å². The van der Waals surface area contributed by atoms with E-state index in [2.05, 4.69) is 15.6 Å². The molecule has 0 fully saturated rings. The van der Waals surface area contributed by atoms with Gasteiger partial charge in [-0.15, -0.1) is 0 Å². The topological polar surface area (TPSA) is 56.7 Å². The van der Waals surface area contributed by atoms with Crippen LogP contribution in [0.4, 0.5) is 10.1 Å². The van der Waals surface area contributed by atoms with Crippen molar-refractivity contribution in [3.8, 4) is 0 Å². The second kappa shape index (κ2) is 8.82. The second-order valence-corrected chi connectivity index (χ2v) is 5.76. The molecule has 0 saturated carbocycles. The lowest BCUT2D eigenvalue weighted by Gasteiger charge is -2.22. The Labute approximate surface area is 147 Å². The van der Waals surface area contributed by atoms with Crippen molar-refractivity contribution in [2.24, 2.45) is 4.99 Å². The third-order valence-electron chi connectivity index (χ3n) is 3.60. The maximum Gasteiger partial charge on any atom is 0.221 e. The quantitative estimate of drug-likeness (QED) is 0.649. The highest BCUT2D eigenvalue weighted by Crippen LogP contribution is 2.11. The molecule has 0 heterocycles. The van der Waals surface area contributed by atoms with Crippen molar-refractivity contribution in [2.75, 3.05) is 19.4 Å². The van der Waals surface area contributed by atoms with Crippen molar-refractivity contribution in [3.05, 3.63) is 65.5 Å². The summed E-state index contributed by atoms with van der Waals surface area (Å²) in [6, 6.07) is 14.1. The third kappa shape index (κ3) is 5.91. The van der Waals surface area contributed by atoms with E-state index in [1.165, 1.54) is 19.1 Å². The van der Waals surface area contributed by atoms with Crippen molar-refractivity contribution in [1.29, 1.82) is 0 Å². The molecule has 0 radical (unpaired) electrons. The molecule has 5 nitrogen and oxygen atoms in total. The van der Waals surface area contributed by atoms with Crippen LogP contribution in [0.5, 0.6) is 0 Å². The average Bonchev–Trinajstić information content (AvgIpc) is 2.57. The normalized spacial score (nSPS) is 11.1. The number of nitrogens with one attached hydrogen (secondary N) is 2. The second-order valence-electron chi connectivity index (χ2n) is 5.76. The Morgan fingerprint density at radius 2 is 1.88 bits per heavy atom. The van der Waals surface area contributed by atoms with Crippen molar-refractivity contribution in [1.82, 2.24) is 10.2 Å². The van der Waals surface area contributed by atoms with Gasteiger partial charge in [-0.25, -0.2) is 4.39 Å². The van der Waals surface area contributed by atoms with Crippen LogP contribution in [0.1, 0.15) is 18.1 Å². The molecule has 2 aromatic carbocycles. The zero-order valence-electron chi connectivity index (χ0n) is 14.7. The summed E-state index contributed by atoms with van der Waals surface area (Å²) >= 11 is 0. The van der Waals surface area contributed by atoms with Crippen LogP contribution in [0.3, 0.4) is 0 Å². The van der Waals surface area contributed by atoms with Gasteiger partial charge in [0.1, 0.15) is 5.82 Å². The predicted molar refractivity (Wildman–Crippen MR) is 98.8 cm³/mol. The Balaban J connectivity index is 1.95. The lowest BCUT2D eigenvalue weighted by atomic mass is 10.2. The fraction of sp³-hybridized carbons (Fsp3) is 0.263. The summed E-state index contributed by atoms with van der Waals surface area (Å²) in [6.07, 6.45) is 0. The molecule has 2 aromatic rings. The lowest BCUT2D eigenvalue weighted by molar-refractivity contribution is -0.114. The summed E-state index contributed by atoms with van der Waals surface area (Å²) in [5.74, 6) is 0.391. The minimum Gasteiger partial charge on any atom is -0.352 e. The molecule has 0 unspecified atom stereocenters. The minimum atomic E-state index is -0.243. The smallest absolute Gasteiger partial charge is 0.221 e. The Morgan fingerprint density at radius 3 is 2.52 bits per heavy atom. The molecule has 132 valence electrons. The van der Waals surface area contributed by atoms with Gasteiger partial charge in [-0.3, -0.25) is 9.79 Å². The van der Waals surface area contributed by atoms with Crippen LogP contribution < -0.4 is 10.6 Å². The number of halogens is 1. The van der Waals surface area contributed by atoms with Crippen molar-refractivity contribution < 1.29 is 9.18 Å². The number of guanidine groups is 1. The number of benzene rings is 2. The first-order valence-electron chi connectivity index (χ1n) is 8.00. The highest BCUT2D eigenvalue weighted by atomic mass is 19.1. The molecule has 0 atom stereocenters. The number of carbonyl (C=O) groups excluding carboxylic acids is 1. The van der Waals surface area contributed by atoms with E-state index in [1.54, 1.807) is 19.2 Å². The summed E-state index contributed by atoms with van der Waals surface area (Å²) in [5.41, 5.74) is 2.79. The van der Waals surface area contributed by atoms with Gasteiger partial charge in [-0.05, 0) is 35.4 Å².